The summed E-state index contributed by atoms with van der Waals surface area (Å²) in [6.07, 6.45) is 4.98. The number of carbonyl (C=O) groups excluding carboxylic acids is 1. The van der Waals surface area contributed by atoms with Crippen LogP contribution in [-0.2, 0) is 10.0 Å². The van der Waals surface area contributed by atoms with Crippen molar-refractivity contribution in [2.75, 3.05) is 6.54 Å². The van der Waals surface area contributed by atoms with Crippen LogP contribution in [0.5, 0.6) is 0 Å². The Morgan fingerprint density at radius 1 is 1.52 bits per heavy atom. The number of likely N-dealkylation sites (tertiary alicyclic amines) is 1. The molecule has 0 spiro atoms. The van der Waals surface area contributed by atoms with Crippen molar-refractivity contribution >= 4 is 31.9 Å². The zero-order valence-corrected chi connectivity index (χ0v) is 14.2. The fourth-order valence-corrected chi connectivity index (χ4v) is 4.20. The molecule has 1 aromatic heterocycles. The van der Waals surface area contributed by atoms with Crippen LogP contribution in [0.25, 0.3) is 0 Å². The molecular weight excluding hydrogens is 360 g/mol. The molecule has 1 atom stereocenters. The quantitative estimate of drug-likeness (QED) is 0.870. The van der Waals surface area contributed by atoms with Crippen molar-refractivity contribution in [3.63, 3.8) is 0 Å². The van der Waals surface area contributed by atoms with Crippen LogP contribution in [0.1, 0.15) is 49.6 Å². The summed E-state index contributed by atoms with van der Waals surface area (Å²) in [7, 11) is -3.91. The maximum Gasteiger partial charge on any atom is 0.289 e. The van der Waals surface area contributed by atoms with E-state index in [4.69, 9.17) is 9.56 Å². The van der Waals surface area contributed by atoms with Gasteiger partial charge in [-0.05, 0) is 41.6 Å². The lowest BCUT2D eigenvalue weighted by Crippen LogP contribution is -2.43. The first-order chi connectivity index (χ1) is 9.84. The van der Waals surface area contributed by atoms with E-state index in [1.807, 2.05) is 0 Å². The lowest BCUT2D eigenvalue weighted by Gasteiger charge is -2.35. The first kappa shape index (κ1) is 16.5. The van der Waals surface area contributed by atoms with Crippen molar-refractivity contribution in [2.45, 2.75) is 50.0 Å². The van der Waals surface area contributed by atoms with Crippen molar-refractivity contribution in [2.24, 2.45) is 5.14 Å². The fraction of sp³-hybridized carbons (Fsp3) is 0.615. The van der Waals surface area contributed by atoms with Crippen molar-refractivity contribution in [3.8, 4) is 0 Å². The number of amides is 1. The zero-order valence-electron chi connectivity index (χ0n) is 11.8. The number of piperidine rings is 1. The van der Waals surface area contributed by atoms with Crippen LogP contribution < -0.4 is 5.14 Å². The number of carbonyl (C=O) groups is 1. The molecule has 0 radical (unpaired) electrons. The second kappa shape index (κ2) is 6.50. The van der Waals surface area contributed by atoms with Gasteiger partial charge >= 0.3 is 0 Å². The number of sulfonamides is 1. The second-order valence-electron chi connectivity index (χ2n) is 5.23. The molecule has 2 rings (SSSR count). The fourth-order valence-electron chi connectivity index (χ4n) is 2.69. The third-order valence-electron chi connectivity index (χ3n) is 3.68. The molecule has 1 aromatic rings. The van der Waals surface area contributed by atoms with Gasteiger partial charge in [0.05, 0.1) is 0 Å². The SMILES string of the molecule is CCCC1CCCCN1C(=O)c1cc(S(N)(=O)=O)c(Br)o1. The second-order valence-corrected chi connectivity index (χ2v) is 7.48. The average molecular weight is 379 g/mol. The highest BCUT2D eigenvalue weighted by molar-refractivity contribution is 9.10. The maximum absolute atomic E-state index is 12.6. The predicted octanol–water partition coefficient (Wildman–Crippen LogP) is 2.48. The van der Waals surface area contributed by atoms with Crippen LogP contribution in [0.15, 0.2) is 20.0 Å². The van der Waals surface area contributed by atoms with E-state index in [1.165, 1.54) is 6.07 Å². The molecule has 8 heteroatoms. The smallest absolute Gasteiger partial charge is 0.289 e. The van der Waals surface area contributed by atoms with Crippen molar-refractivity contribution in [1.82, 2.24) is 4.90 Å². The number of halogens is 1. The molecule has 1 aliphatic rings. The molecule has 2 N–H and O–H groups in total. The Morgan fingerprint density at radius 2 is 2.24 bits per heavy atom. The molecule has 21 heavy (non-hydrogen) atoms. The lowest BCUT2D eigenvalue weighted by atomic mass is 9.98. The summed E-state index contributed by atoms with van der Waals surface area (Å²) in [5.41, 5.74) is 0. The first-order valence-electron chi connectivity index (χ1n) is 6.97. The molecule has 1 aliphatic heterocycles. The highest BCUT2D eigenvalue weighted by Gasteiger charge is 2.30. The third-order valence-corrected chi connectivity index (χ3v) is 5.45. The van der Waals surface area contributed by atoms with E-state index in [1.54, 1.807) is 4.90 Å². The topological polar surface area (TPSA) is 93.6 Å². The molecule has 0 aromatic carbocycles. The van der Waals surface area contributed by atoms with Gasteiger partial charge in [0.25, 0.3) is 5.91 Å². The lowest BCUT2D eigenvalue weighted by molar-refractivity contribution is 0.0567. The molecule has 1 amide bonds. The van der Waals surface area contributed by atoms with Gasteiger partial charge in [-0.2, -0.15) is 0 Å². The van der Waals surface area contributed by atoms with Gasteiger partial charge in [-0.25, -0.2) is 13.6 Å². The summed E-state index contributed by atoms with van der Waals surface area (Å²) in [6.45, 7) is 2.76. The molecule has 0 bridgehead atoms. The molecule has 0 saturated carbocycles. The van der Waals surface area contributed by atoms with E-state index < -0.39 is 10.0 Å². The Balaban J connectivity index is 2.27. The Labute approximate surface area is 132 Å². The molecular formula is C13H19BrN2O4S. The number of nitrogens with two attached hydrogens (primary N) is 1. The van der Waals surface area contributed by atoms with Gasteiger partial charge in [0.1, 0.15) is 4.90 Å². The number of nitrogens with zero attached hydrogens (tertiary/aromatic N) is 1. The van der Waals surface area contributed by atoms with Gasteiger partial charge in [-0.1, -0.05) is 13.3 Å². The van der Waals surface area contributed by atoms with Crippen molar-refractivity contribution in [1.29, 1.82) is 0 Å². The first-order valence-corrected chi connectivity index (χ1v) is 9.31. The molecule has 1 saturated heterocycles. The normalized spacial score (nSPS) is 19.8. The molecule has 118 valence electrons. The van der Waals surface area contributed by atoms with Gasteiger partial charge in [0.15, 0.2) is 10.4 Å². The number of furan rings is 1. The maximum atomic E-state index is 12.6. The average Bonchev–Trinajstić information content (AvgIpc) is 2.81. The van der Waals surface area contributed by atoms with Crippen LogP contribution in [-0.4, -0.2) is 31.8 Å². The van der Waals surface area contributed by atoms with E-state index in [9.17, 15) is 13.2 Å². The Morgan fingerprint density at radius 3 is 2.81 bits per heavy atom. The largest absolute Gasteiger partial charge is 0.443 e. The van der Waals surface area contributed by atoms with Crippen molar-refractivity contribution < 1.29 is 17.6 Å². The number of primary sulfonamides is 1. The summed E-state index contributed by atoms with van der Waals surface area (Å²) < 4.78 is 28.0. The highest BCUT2D eigenvalue weighted by atomic mass is 79.9. The minimum Gasteiger partial charge on any atom is -0.443 e. The predicted molar refractivity (Wildman–Crippen MR) is 81.4 cm³/mol. The van der Waals surface area contributed by atoms with Gasteiger partial charge < -0.3 is 9.32 Å². The standard InChI is InChI=1S/C13H19BrN2O4S/c1-2-5-9-6-3-4-7-16(9)13(17)10-8-11(12(14)20-10)21(15,18)19/h8-9H,2-7H2,1H3,(H2,15,18,19). The molecule has 1 fully saturated rings. The van der Waals surface area contributed by atoms with Gasteiger partial charge in [-0.15, -0.1) is 0 Å². The van der Waals surface area contributed by atoms with E-state index in [2.05, 4.69) is 22.9 Å². The van der Waals surface area contributed by atoms with Gasteiger partial charge in [0, 0.05) is 18.7 Å². The molecule has 0 aliphatic carbocycles. The highest BCUT2D eigenvalue weighted by Crippen LogP contribution is 2.28. The van der Waals surface area contributed by atoms with Crippen LogP contribution in [0.4, 0.5) is 0 Å². The summed E-state index contributed by atoms with van der Waals surface area (Å²) >= 11 is 2.99. The van der Waals surface area contributed by atoms with Crippen molar-refractivity contribution in [3.05, 3.63) is 16.5 Å². The van der Waals surface area contributed by atoms with Gasteiger partial charge in [-0.3, -0.25) is 4.79 Å². The van der Waals surface area contributed by atoms with Crippen LogP contribution >= 0.6 is 15.9 Å². The number of hydrogen-bond donors (Lipinski definition) is 1. The van der Waals surface area contributed by atoms with Gasteiger partial charge in [0.2, 0.25) is 10.0 Å². The zero-order chi connectivity index (χ0) is 15.6. The van der Waals surface area contributed by atoms with E-state index >= 15 is 0 Å². The van der Waals surface area contributed by atoms with Crippen LogP contribution in [0.2, 0.25) is 0 Å². The van der Waals surface area contributed by atoms with E-state index in [0.29, 0.717) is 6.54 Å². The van der Waals surface area contributed by atoms with Crippen LogP contribution in [0.3, 0.4) is 0 Å². The molecule has 1 unspecified atom stereocenters. The van der Waals surface area contributed by atoms with E-state index in [0.717, 1.165) is 32.1 Å². The summed E-state index contributed by atoms with van der Waals surface area (Å²) in [4.78, 5) is 14.1. The minimum absolute atomic E-state index is 0.00824. The number of hydrogen-bond acceptors (Lipinski definition) is 4. The summed E-state index contributed by atoms with van der Waals surface area (Å²) in [5.74, 6) is -0.266. The Kier molecular flexibility index (Phi) is 5.11. The summed E-state index contributed by atoms with van der Waals surface area (Å²) in [6, 6.07) is 1.39. The molecule has 2 heterocycles. The minimum atomic E-state index is -3.91. The van der Waals surface area contributed by atoms with E-state index in [-0.39, 0.29) is 27.3 Å². The van der Waals surface area contributed by atoms with Crippen LogP contribution in [0, 0.1) is 0 Å². The third kappa shape index (κ3) is 3.67. The number of rotatable bonds is 4. The Hall–Kier alpha value is -0.860. The molecule has 6 nitrogen and oxygen atoms in total. The Bertz CT molecular complexity index is 624. The monoisotopic (exact) mass is 378 g/mol. The summed E-state index contributed by atoms with van der Waals surface area (Å²) in [5, 5.41) is 5.08.